The summed E-state index contributed by atoms with van der Waals surface area (Å²) in [5.74, 6) is -1.89. The van der Waals surface area contributed by atoms with Gasteiger partial charge in [0.25, 0.3) is 5.56 Å². The van der Waals surface area contributed by atoms with Gasteiger partial charge >= 0.3 is 0 Å². The SMILES string of the molecule is Cc1cnc(-c2cccc(S(C)(=O)=O)c2F)c(F)c1-n1c(C)cc([C@H]2C[C@@H]2c2ccc3ccnn3c2)c(Cl)c1=O. The van der Waals surface area contributed by atoms with E-state index in [2.05, 4.69) is 10.1 Å². The molecule has 204 valence electrons. The van der Waals surface area contributed by atoms with Crippen LogP contribution in [-0.2, 0) is 9.84 Å². The van der Waals surface area contributed by atoms with E-state index in [1.165, 1.54) is 18.3 Å². The lowest BCUT2D eigenvalue weighted by molar-refractivity contribution is 0.569. The first-order valence-electron chi connectivity index (χ1n) is 12.5. The Kier molecular flexibility index (Phi) is 6.15. The number of nitrogens with zero attached hydrogens (tertiary/aromatic N) is 4. The normalized spacial score (nSPS) is 16.9. The molecular weight excluding hydrogens is 558 g/mol. The number of sulfone groups is 1. The van der Waals surface area contributed by atoms with Crippen LogP contribution in [0.5, 0.6) is 0 Å². The summed E-state index contributed by atoms with van der Waals surface area (Å²) >= 11 is 6.63. The van der Waals surface area contributed by atoms with E-state index >= 15 is 8.78 Å². The summed E-state index contributed by atoms with van der Waals surface area (Å²) in [5.41, 5.74) is 2.05. The molecule has 0 saturated heterocycles. The fraction of sp³-hybridized carbons (Fsp3) is 0.207. The zero-order valence-corrected chi connectivity index (χ0v) is 23.3. The van der Waals surface area contributed by atoms with Crippen molar-refractivity contribution < 1.29 is 17.2 Å². The van der Waals surface area contributed by atoms with E-state index in [0.29, 0.717) is 16.8 Å². The van der Waals surface area contributed by atoms with Crippen molar-refractivity contribution >= 4 is 27.0 Å². The summed E-state index contributed by atoms with van der Waals surface area (Å²) in [6.45, 7) is 3.26. The van der Waals surface area contributed by atoms with Gasteiger partial charge in [0.15, 0.2) is 21.5 Å². The van der Waals surface area contributed by atoms with Crippen LogP contribution in [0.15, 0.2) is 70.7 Å². The maximum atomic E-state index is 16.1. The van der Waals surface area contributed by atoms with Crippen molar-refractivity contribution in [3.05, 3.63) is 110 Å². The average molecular weight is 581 g/mol. The monoisotopic (exact) mass is 580 g/mol. The highest BCUT2D eigenvalue weighted by Gasteiger charge is 2.42. The molecule has 0 unspecified atom stereocenters. The zero-order chi connectivity index (χ0) is 28.5. The molecule has 0 spiro atoms. The average Bonchev–Trinajstić information content (AvgIpc) is 3.55. The molecule has 0 aliphatic heterocycles. The van der Waals surface area contributed by atoms with E-state index in [-0.39, 0.29) is 28.1 Å². The van der Waals surface area contributed by atoms with Gasteiger partial charge < -0.3 is 0 Å². The Morgan fingerprint density at radius 3 is 2.58 bits per heavy atom. The smallest absolute Gasteiger partial charge is 0.274 e. The summed E-state index contributed by atoms with van der Waals surface area (Å²) in [7, 11) is -3.91. The number of aryl methyl sites for hydroxylation is 2. The quantitative estimate of drug-likeness (QED) is 0.263. The van der Waals surface area contributed by atoms with Gasteiger partial charge in [0, 0.05) is 36.1 Å². The standard InChI is InChI=1S/C29H23ClF2N4O3S/c1-15-13-33-27(19-5-4-6-23(25(19)31)40(3,38)39)26(32)28(15)36-16(2)11-22(24(30)29(36)37)21-12-20(21)17-7-8-18-9-10-34-35(18)14-17/h4-11,13-14,20-21H,12H2,1-3H3/t20-,21+/m1/s1. The number of hydrogen-bond acceptors (Lipinski definition) is 5. The van der Waals surface area contributed by atoms with Crippen molar-refractivity contribution in [2.24, 2.45) is 0 Å². The van der Waals surface area contributed by atoms with Crippen molar-refractivity contribution in [3.8, 4) is 16.9 Å². The number of aromatic nitrogens is 4. The second kappa shape index (κ2) is 9.35. The lowest BCUT2D eigenvalue weighted by Gasteiger charge is -2.18. The van der Waals surface area contributed by atoms with Gasteiger partial charge in [0.1, 0.15) is 15.6 Å². The van der Waals surface area contributed by atoms with Gasteiger partial charge in [-0.05, 0) is 79.1 Å². The first-order chi connectivity index (χ1) is 19.0. The van der Waals surface area contributed by atoms with Crippen LogP contribution in [0.3, 0.4) is 0 Å². The van der Waals surface area contributed by atoms with Crippen LogP contribution in [0, 0.1) is 25.5 Å². The maximum absolute atomic E-state index is 16.1. The van der Waals surface area contributed by atoms with Gasteiger partial charge in [-0.2, -0.15) is 5.10 Å². The highest BCUT2D eigenvalue weighted by atomic mass is 35.5. The Labute approximate surface area is 233 Å². The minimum atomic E-state index is -3.91. The van der Waals surface area contributed by atoms with Crippen LogP contribution in [0.1, 0.15) is 40.6 Å². The van der Waals surface area contributed by atoms with Crippen LogP contribution < -0.4 is 5.56 Å². The fourth-order valence-electron chi connectivity index (χ4n) is 5.35. The molecule has 1 aromatic carbocycles. The molecule has 6 rings (SSSR count). The van der Waals surface area contributed by atoms with Crippen LogP contribution in [0.2, 0.25) is 5.02 Å². The molecule has 7 nitrogen and oxygen atoms in total. The van der Waals surface area contributed by atoms with Crippen molar-refractivity contribution in [1.29, 1.82) is 0 Å². The second-order valence-electron chi connectivity index (χ2n) is 10.1. The predicted octanol–water partition coefficient (Wildman–Crippen LogP) is 5.77. The van der Waals surface area contributed by atoms with Crippen molar-refractivity contribution in [2.75, 3.05) is 6.26 Å². The molecule has 0 radical (unpaired) electrons. The first-order valence-corrected chi connectivity index (χ1v) is 14.7. The largest absolute Gasteiger partial charge is 0.277 e. The Bertz CT molecular complexity index is 2020. The number of halogens is 3. The highest BCUT2D eigenvalue weighted by Crippen LogP contribution is 2.55. The van der Waals surface area contributed by atoms with Gasteiger partial charge in [0.2, 0.25) is 0 Å². The molecule has 0 N–H and O–H groups in total. The number of rotatable bonds is 5. The van der Waals surface area contributed by atoms with Gasteiger partial charge in [-0.3, -0.25) is 14.3 Å². The molecule has 40 heavy (non-hydrogen) atoms. The lowest BCUT2D eigenvalue weighted by atomic mass is 10.0. The van der Waals surface area contributed by atoms with Crippen molar-refractivity contribution in [1.82, 2.24) is 19.2 Å². The van der Waals surface area contributed by atoms with Crippen LogP contribution >= 0.6 is 11.6 Å². The topological polar surface area (TPSA) is 86.3 Å². The van der Waals surface area contributed by atoms with Gasteiger partial charge in [0.05, 0.1) is 11.2 Å². The molecular formula is C29H23ClF2N4O3S. The molecule has 0 amide bonds. The summed E-state index contributed by atoms with van der Waals surface area (Å²) in [5, 5.41) is 4.28. The second-order valence-corrected chi connectivity index (χ2v) is 12.5. The number of benzene rings is 1. The minimum Gasteiger partial charge on any atom is -0.277 e. The van der Waals surface area contributed by atoms with E-state index < -0.39 is 37.6 Å². The van der Waals surface area contributed by atoms with Gasteiger partial charge in [-0.25, -0.2) is 21.7 Å². The summed E-state index contributed by atoms with van der Waals surface area (Å²) < 4.78 is 58.3. The van der Waals surface area contributed by atoms with E-state index in [9.17, 15) is 13.2 Å². The molecule has 11 heteroatoms. The fourth-order valence-corrected chi connectivity index (χ4v) is 6.39. The molecule has 1 saturated carbocycles. The molecule has 4 heterocycles. The highest BCUT2D eigenvalue weighted by molar-refractivity contribution is 7.90. The predicted molar refractivity (Wildman–Crippen MR) is 148 cm³/mol. The minimum absolute atomic E-state index is 0.0133. The lowest BCUT2D eigenvalue weighted by Crippen LogP contribution is -2.24. The molecule has 0 bridgehead atoms. The molecule has 5 aromatic rings. The van der Waals surface area contributed by atoms with Gasteiger partial charge in [-0.1, -0.05) is 23.7 Å². The van der Waals surface area contributed by atoms with Crippen LogP contribution in [0.25, 0.3) is 22.5 Å². The van der Waals surface area contributed by atoms with Crippen LogP contribution in [-0.4, -0.2) is 33.8 Å². The molecule has 1 aliphatic rings. The summed E-state index contributed by atoms with van der Waals surface area (Å²) in [6.07, 6.45) is 6.68. The third kappa shape index (κ3) is 4.22. The Hall–Kier alpha value is -3.89. The summed E-state index contributed by atoms with van der Waals surface area (Å²) in [4.78, 5) is 17.1. The van der Waals surface area contributed by atoms with Crippen molar-refractivity contribution in [2.45, 2.75) is 37.0 Å². The van der Waals surface area contributed by atoms with E-state index in [1.807, 2.05) is 24.4 Å². The molecule has 1 fully saturated rings. The molecule has 1 aliphatic carbocycles. The first kappa shape index (κ1) is 26.3. The van der Waals surface area contributed by atoms with E-state index in [4.69, 9.17) is 11.6 Å². The van der Waals surface area contributed by atoms with E-state index in [1.54, 1.807) is 30.6 Å². The molecule has 2 atom stereocenters. The van der Waals surface area contributed by atoms with Gasteiger partial charge in [-0.15, -0.1) is 0 Å². The third-order valence-corrected chi connectivity index (χ3v) is 8.91. The summed E-state index contributed by atoms with van der Waals surface area (Å²) in [6, 6.07) is 11.4. The Morgan fingerprint density at radius 2 is 1.82 bits per heavy atom. The number of fused-ring (bicyclic) bond motifs is 1. The molecule has 4 aromatic heterocycles. The Morgan fingerprint density at radius 1 is 1.05 bits per heavy atom. The zero-order valence-electron chi connectivity index (χ0n) is 21.7. The van der Waals surface area contributed by atoms with E-state index in [0.717, 1.165) is 34.4 Å². The van der Waals surface area contributed by atoms with Crippen LogP contribution in [0.4, 0.5) is 8.78 Å². The number of pyridine rings is 3. The number of hydrogen-bond donors (Lipinski definition) is 0. The maximum Gasteiger partial charge on any atom is 0.274 e. The van der Waals surface area contributed by atoms with Crippen molar-refractivity contribution in [3.63, 3.8) is 0 Å². The Balaban J connectivity index is 1.43. The third-order valence-electron chi connectivity index (χ3n) is 7.42.